The molecule has 7 nitrogen and oxygen atoms in total. The number of para-hydroxylation sites is 1. The lowest BCUT2D eigenvalue weighted by Crippen LogP contribution is -2.26. The number of aromatic nitrogens is 1. The number of esters is 1. The molecule has 1 aliphatic heterocycles. The van der Waals surface area contributed by atoms with Crippen LogP contribution >= 0.6 is 11.3 Å². The zero-order valence-electron chi connectivity index (χ0n) is 23.1. The molecule has 6 rings (SSSR count). The van der Waals surface area contributed by atoms with Gasteiger partial charge in [-0.2, -0.15) is 0 Å². The summed E-state index contributed by atoms with van der Waals surface area (Å²) >= 11 is 1.50. The minimum absolute atomic E-state index is 0.163. The Morgan fingerprint density at radius 3 is 2.70 bits per heavy atom. The lowest BCUT2D eigenvalue weighted by atomic mass is 9.72. The van der Waals surface area contributed by atoms with Crippen molar-refractivity contribution in [2.24, 2.45) is 11.3 Å². The van der Waals surface area contributed by atoms with Crippen LogP contribution in [0.2, 0.25) is 0 Å². The van der Waals surface area contributed by atoms with Gasteiger partial charge in [-0.15, -0.1) is 11.3 Å². The van der Waals surface area contributed by atoms with E-state index in [1.807, 2.05) is 42.5 Å². The number of fused-ring (bicyclic) bond motifs is 3. The van der Waals surface area contributed by atoms with Gasteiger partial charge in [-0.3, -0.25) is 4.79 Å². The highest BCUT2D eigenvalue weighted by molar-refractivity contribution is 7.17. The second-order valence-electron chi connectivity index (χ2n) is 11.3. The van der Waals surface area contributed by atoms with E-state index in [1.54, 1.807) is 13.0 Å². The summed E-state index contributed by atoms with van der Waals surface area (Å²) in [5, 5.41) is 4.38. The molecule has 0 bridgehead atoms. The average molecular weight is 557 g/mol. The fourth-order valence-electron chi connectivity index (χ4n) is 5.57. The first kappa shape index (κ1) is 26.3. The minimum atomic E-state index is -0.384. The second kappa shape index (κ2) is 10.2. The Hall–Kier alpha value is -3.91. The molecule has 2 aromatic heterocycles. The van der Waals surface area contributed by atoms with Crippen LogP contribution in [0.5, 0.6) is 11.5 Å². The molecule has 1 N–H and O–H groups in total. The Morgan fingerprint density at radius 2 is 1.90 bits per heavy atom. The first-order valence-corrected chi connectivity index (χ1v) is 14.5. The maximum Gasteiger partial charge on any atom is 0.341 e. The predicted octanol–water partition coefficient (Wildman–Crippen LogP) is 7.27. The van der Waals surface area contributed by atoms with Crippen LogP contribution in [0, 0.1) is 11.3 Å². The molecule has 1 amide bonds. The quantitative estimate of drug-likeness (QED) is 0.260. The number of rotatable bonds is 5. The van der Waals surface area contributed by atoms with E-state index in [0.29, 0.717) is 44.8 Å². The predicted molar refractivity (Wildman–Crippen MR) is 157 cm³/mol. The SMILES string of the molecule is CCOC(=O)c1c(NC(=O)c2cc(-c3ccc4c(c3)OCO4)nc3ccccc23)sc2c1CCC(C(C)(C)C)C2. The number of carbonyl (C=O) groups excluding carboxylic acids is 2. The number of benzene rings is 2. The van der Waals surface area contributed by atoms with Crippen molar-refractivity contribution in [3.63, 3.8) is 0 Å². The van der Waals surface area contributed by atoms with Gasteiger partial charge in [0, 0.05) is 15.8 Å². The van der Waals surface area contributed by atoms with Crippen molar-refractivity contribution in [3.8, 4) is 22.8 Å². The van der Waals surface area contributed by atoms with Crippen LogP contribution in [0.25, 0.3) is 22.2 Å². The summed E-state index contributed by atoms with van der Waals surface area (Å²) in [6.07, 6.45) is 2.68. The molecule has 3 heterocycles. The molecule has 40 heavy (non-hydrogen) atoms. The van der Waals surface area contributed by atoms with Crippen LogP contribution in [-0.4, -0.2) is 30.3 Å². The van der Waals surface area contributed by atoms with Crippen molar-refractivity contribution in [1.29, 1.82) is 0 Å². The number of carbonyl (C=O) groups is 2. The topological polar surface area (TPSA) is 86.8 Å². The van der Waals surface area contributed by atoms with E-state index >= 15 is 0 Å². The third-order valence-corrected chi connectivity index (χ3v) is 9.00. The molecule has 0 saturated carbocycles. The molecule has 1 aliphatic carbocycles. The van der Waals surface area contributed by atoms with Crippen molar-refractivity contribution in [2.75, 3.05) is 18.7 Å². The fraction of sp³-hybridized carbons (Fsp3) is 0.344. The number of nitrogens with zero attached hydrogens (tertiary/aromatic N) is 1. The van der Waals surface area contributed by atoms with Crippen molar-refractivity contribution in [2.45, 2.75) is 47.0 Å². The summed E-state index contributed by atoms with van der Waals surface area (Å²) in [6.45, 7) is 9.04. The standard InChI is InChI=1S/C32H32N2O5S/c1-5-37-31(36)28-21-12-11-19(32(2,3)4)15-27(21)40-30(28)34-29(35)22-16-24(33-23-9-7-6-8-20(22)23)18-10-13-25-26(14-18)39-17-38-25/h6-10,13-14,16,19H,5,11-12,15,17H2,1-4H3,(H,34,35). The maximum absolute atomic E-state index is 13.9. The molecule has 206 valence electrons. The highest BCUT2D eigenvalue weighted by Crippen LogP contribution is 2.45. The third-order valence-electron chi connectivity index (χ3n) is 7.83. The van der Waals surface area contributed by atoms with Crippen LogP contribution in [0.4, 0.5) is 5.00 Å². The molecular weight excluding hydrogens is 524 g/mol. The molecule has 4 aromatic rings. The largest absolute Gasteiger partial charge is 0.462 e. The van der Waals surface area contributed by atoms with Gasteiger partial charge >= 0.3 is 5.97 Å². The van der Waals surface area contributed by atoms with Crippen LogP contribution in [0.15, 0.2) is 48.5 Å². The molecule has 1 atom stereocenters. The monoisotopic (exact) mass is 556 g/mol. The highest BCUT2D eigenvalue weighted by Gasteiger charge is 2.34. The van der Waals surface area contributed by atoms with Crippen LogP contribution in [-0.2, 0) is 17.6 Å². The highest BCUT2D eigenvalue weighted by atomic mass is 32.1. The summed E-state index contributed by atoms with van der Waals surface area (Å²) in [7, 11) is 0. The minimum Gasteiger partial charge on any atom is -0.462 e. The number of hydrogen-bond acceptors (Lipinski definition) is 7. The zero-order valence-corrected chi connectivity index (χ0v) is 23.9. The maximum atomic E-state index is 13.9. The number of nitrogens with one attached hydrogen (secondary N) is 1. The normalized spacial score (nSPS) is 16.1. The Labute approximate surface area is 237 Å². The number of pyridine rings is 1. The number of hydrogen-bond donors (Lipinski definition) is 1. The first-order valence-electron chi connectivity index (χ1n) is 13.7. The smallest absolute Gasteiger partial charge is 0.341 e. The van der Waals surface area contributed by atoms with Gasteiger partial charge in [-0.05, 0) is 73.4 Å². The third kappa shape index (κ3) is 4.81. The van der Waals surface area contributed by atoms with E-state index in [9.17, 15) is 9.59 Å². The number of amides is 1. The van der Waals surface area contributed by atoms with Gasteiger partial charge in [-0.1, -0.05) is 39.0 Å². The Balaban J connectivity index is 1.40. The van der Waals surface area contributed by atoms with Gasteiger partial charge in [0.05, 0.1) is 28.9 Å². The molecule has 2 aliphatic rings. The van der Waals surface area contributed by atoms with Crippen molar-refractivity contribution >= 4 is 39.1 Å². The van der Waals surface area contributed by atoms with E-state index in [2.05, 4.69) is 26.1 Å². The first-order chi connectivity index (χ1) is 19.2. The molecule has 0 saturated heterocycles. The van der Waals surface area contributed by atoms with Gasteiger partial charge in [-0.25, -0.2) is 9.78 Å². The Kier molecular flexibility index (Phi) is 6.74. The summed E-state index contributed by atoms with van der Waals surface area (Å²) in [5.74, 6) is 1.16. The average Bonchev–Trinajstić information content (AvgIpc) is 3.55. The number of anilines is 1. The summed E-state index contributed by atoms with van der Waals surface area (Å²) in [4.78, 5) is 33.1. The van der Waals surface area contributed by atoms with Crippen LogP contribution in [0.3, 0.4) is 0 Å². The molecule has 2 aromatic carbocycles. The molecular formula is C32H32N2O5S. The van der Waals surface area contributed by atoms with Crippen LogP contribution in [0.1, 0.15) is 65.3 Å². The van der Waals surface area contributed by atoms with Gasteiger partial charge in [0.1, 0.15) is 5.00 Å². The van der Waals surface area contributed by atoms with Crippen molar-refractivity contribution in [1.82, 2.24) is 4.98 Å². The zero-order chi connectivity index (χ0) is 28.0. The summed E-state index contributed by atoms with van der Waals surface area (Å²) in [6, 6.07) is 15.0. The molecule has 0 radical (unpaired) electrons. The molecule has 1 unspecified atom stereocenters. The lowest BCUT2D eigenvalue weighted by Gasteiger charge is -2.33. The molecule has 0 fully saturated rings. The van der Waals surface area contributed by atoms with Gasteiger partial charge in [0.25, 0.3) is 5.91 Å². The van der Waals surface area contributed by atoms with E-state index < -0.39 is 0 Å². The van der Waals surface area contributed by atoms with E-state index in [-0.39, 0.29) is 30.7 Å². The summed E-state index contributed by atoms with van der Waals surface area (Å²) < 4.78 is 16.5. The Bertz CT molecular complexity index is 1630. The van der Waals surface area contributed by atoms with Gasteiger partial charge in [0.15, 0.2) is 11.5 Å². The Morgan fingerprint density at radius 1 is 1.10 bits per heavy atom. The molecule has 8 heteroatoms. The second-order valence-corrected chi connectivity index (χ2v) is 12.4. The van der Waals surface area contributed by atoms with Crippen LogP contribution < -0.4 is 14.8 Å². The lowest BCUT2D eigenvalue weighted by molar-refractivity contribution is 0.0526. The van der Waals surface area contributed by atoms with E-state index in [4.69, 9.17) is 19.2 Å². The van der Waals surface area contributed by atoms with E-state index in [0.717, 1.165) is 40.7 Å². The van der Waals surface area contributed by atoms with Gasteiger partial charge in [0.2, 0.25) is 6.79 Å². The van der Waals surface area contributed by atoms with Crippen molar-refractivity contribution in [3.05, 3.63) is 70.1 Å². The molecule has 0 spiro atoms. The summed E-state index contributed by atoms with van der Waals surface area (Å²) in [5.41, 5.74) is 4.31. The van der Waals surface area contributed by atoms with Gasteiger partial charge < -0.3 is 19.5 Å². The fourth-order valence-corrected chi connectivity index (χ4v) is 6.88. The van der Waals surface area contributed by atoms with E-state index in [1.165, 1.54) is 11.3 Å². The van der Waals surface area contributed by atoms with Crippen molar-refractivity contribution < 1.29 is 23.8 Å². The number of thiophene rings is 1. The number of ether oxygens (including phenoxy) is 3.